The fourth-order valence-corrected chi connectivity index (χ4v) is 6.04. The van der Waals surface area contributed by atoms with E-state index in [1.54, 1.807) is 31.2 Å². The first-order valence-corrected chi connectivity index (χ1v) is 17.0. The number of rotatable bonds is 11. The van der Waals surface area contributed by atoms with Crippen LogP contribution in [0.15, 0.2) is 77.8 Å². The summed E-state index contributed by atoms with van der Waals surface area (Å²) >= 11 is 12.3. The summed E-state index contributed by atoms with van der Waals surface area (Å²) < 4.78 is 36.9. The number of piperazine rings is 1. The van der Waals surface area contributed by atoms with Gasteiger partial charge in [0.05, 0.1) is 23.1 Å². The second-order valence-corrected chi connectivity index (χ2v) is 12.4. The topological polar surface area (TPSA) is 111 Å². The average molecular weight is 725 g/mol. The zero-order valence-electron chi connectivity index (χ0n) is 27.4. The highest BCUT2D eigenvalue weighted by Gasteiger charge is 2.23. The number of nitro groups is 1. The van der Waals surface area contributed by atoms with Crippen LogP contribution in [0.4, 0.5) is 15.8 Å². The van der Waals surface area contributed by atoms with Gasteiger partial charge in [0.15, 0.2) is 23.2 Å². The van der Waals surface area contributed by atoms with Gasteiger partial charge in [-0.25, -0.2) is 9.38 Å². The Morgan fingerprint density at radius 1 is 0.960 bits per heavy atom. The van der Waals surface area contributed by atoms with E-state index >= 15 is 0 Å². The van der Waals surface area contributed by atoms with Crippen molar-refractivity contribution in [1.82, 2.24) is 10.2 Å². The molecule has 0 atom stereocenters. The van der Waals surface area contributed by atoms with E-state index in [9.17, 15) is 14.5 Å². The second kappa shape index (κ2) is 16.2. The van der Waals surface area contributed by atoms with Gasteiger partial charge < -0.3 is 34.1 Å². The van der Waals surface area contributed by atoms with Gasteiger partial charge in [-0.15, -0.1) is 0 Å². The summed E-state index contributed by atoms with van der Waals surface area (Å²) in [4.78, 5) is 20.4. The number of nitrogens with zero attached hydrogens (tertiary/aromatic N) is 4. The molecule has 0 saturated carbocycles. The number of halogens is 3. The predicted octanol–water partition coefficient (Wildman–Crippen LogP) is 7.51. The maximum atomic E-state index is 13.8. The molecule has 50 heavy (non-hydrogen) atoms. The molecule has 6 rings (SSSR count). The van der Waals surface area contributed by atoms with Crippen molar-refractivity contribution in [2.45, 2.75) is 19.9 Å². The molecule has 1 fully saturated rings. The van der Waals surface area contributed by atoms with Gasteiger partial charge in [-0.2, -0.15) is 0 Å². The highest BCUT2D eigenvalue weighted by Crippen LogP contribution is 2.34. The number of hydrogen-bond donors (Lipinski definition) is 1. The van der Waals surface area contributed by atoms with E-state index in [0.717, 1.165) is 34.7 Å². The van der Waals surface area contributed by atoms with Crippen LogP contribution in [0.2, 0.25) is 10.0 Å². The number of guanidine groups is 1. The number of anilines is 1. The first-order valence-electron chi connectivity index (χ1n) is 16.3. The van der Waals surface area contributed by atoms with Crippen LogP contribution in [0.5, 0.6) is 28.7 Å². The molecule has 0 bridgehead atoms. The molecular weight excluding hydrogens is 688 g/mol. The standard InChI is InChI=1S/C36H36Cl2FN5O6/c1-2-47-34-21-27(6-9-31(34)44(45)46)42-13-15-43(16-14-42)36(40-12-11-24-3-10-32-35(19-24)49-18-17-48-32)41-23-25-4-5-26(37)20-33(25)50-28-7-8-30(39)29(38)22-28/h3-10,19-22H,2,11-18,23H2,1H3,(H,40,41). The molecule has 2 aliphatic rings. The molecule has 11 nitrogen and oxygen atoms in total. The predicted molar refractivity (Wildman–Crippen MR) is 191 cm³/mol. The monoisotopic (exact) mass is 723 g/mol. The number of nitro benzene ring substituents is 1. The zero-order valence-corrected chi connectivity index (χ0v) is 28.9. The van der Waals surface area contributed by atoms with Gasteiger partial charge >= 0.3 is 5.69 Å². The van der Waals surface area contributed by atoms with E-state index in [2.05, 4.69) is 15.1 Å². The maximum absolute atomic E-state index is 13.8. The van der Waals surface area contributed by atoms with E-state index in [1.165, 1.54) is 24.3 Å². The lowest BCUT2D eigenvalue weighted by molar-refractivity contribution is -0.385. The van der Waals surface area contributed by atoms with E-state index in [1.807, 2.05) is 24.3 Å². The Morgan fingerprint density at radius 2 is 1.76 bits per heavy atom. The van der Waals surface area contributed by atoms with Gasteiger partial charge in [-0.1, -0.05) is 35.3 Å². The molecule has 0 unspecified atom stereocenters. The summed E-state index contributed by atoms with van der Waals surface area (Å²) in [5.74, 6) is 2.78. The smallest absolute Gasteiger partial charge is 0.311 e. The third-order valence-electron chi connectivity index (χ3n) is 8.23. The third-order valence-corrected chi connectivity index (χ3v) is 8.76. The summed E-state index contributed by atoms with van der Waals surface area (Å²) in [5.41, 5.74) is 2.67. The van der Waals surface area contributed by atoms with Gasteiger partial charge in [-0.05, 0) is 61.4 Å². The van der Waals surface area contributed by atoms with Crippen LogP contribution in [0.1, 0.15) is 18.1 Å². The fraction of sp³-hybridized carbons (Fsp3) is 0.306. The minimum atomic E-state index is -0.537. The molecule has 1 N–H and O–H groups in total. The van der Waals surface area contributed by atoms with Crippen molar-refractivity contribution in [2.75, 3.05) is 57.4 Å². The van der Waals surface area contributed by atoms with Gasteiger partial charge in [-0.3, -0.25) is 10.1 Å². The number of nitrogens with one attached hydrogen (secondary N) is 1. The molecule has 4 aromatic rings. The first kappa shape index (κ1) is 34.9. The van der Waals surface area contributed by atoms with Crippen molar-refractivity contribution in [3.63, 3.8) is 0 Å². The number of benzene rings is 4. The Bertz CT molecular complexity index is 1870. The molecule has 0 spiro atoms. The van der Waals surface area contributed by atoms with Crippen LogP contribution in [-0.2, 0) is 13.0 Å². The highest BCUT2D eigenvalue weighted by atomic mass is 35.5. The minimum absolute atomic E-state index is 0.0458. The average Bonchev–Trinajstić information content (AvgIpc) is 3.12. The lowest BCUT2D eigenvalue weighted by Crippen LogP contribution is -2.52. The highest BCUT2D eigenvalue weighted by molar-refractivity contribution is 6.31. The molecule has 0 radical (unpaired) electrons. The maximum Gasteiger partial charge on any atom is 0.311 e. The Balaban J connectivity index is 1.19. The van der Waals surface area contributed by atoms with Crippen molar-refractivity contribution >= 4 is 40.5 Å². The lowest BCUT2D eigenvalue weighted by Gasteiger charge is -2.38. The van der Waals surface area contributed by atoms with Crippen LogP contribution in [0.3, 0.4) is 0 Å². The van der Waals surface area contributed by atoms with Crippen LogP contribution in [0, 0.1) is 15.9 Å². The van der Waals surface area contributed by atoms with E-state index in [4.69, 9.17) is 47.1 Å². The number of aliphatic imine (C=N–C) groups is 1. The van der Waals surface area contributed by atoms with Crippen molar-refractivity contribution < 1.29 is 28.3 Å². The molecule has 2 aliphatic heterocycles. The fourth-order valence-electron chi connectivity index (χ4n) is 5.71. The van der Waals surface area contributed by atoms with Crippen LogP contribution >= 0.6 is 23.2 Å². The minimum Gasteiger partial charge on any atom is -0.487 e. The molecule has 0 aliphatic carbocycles. The molecule has 262 valence electrons. The summed E-state index contributed by atoms with van der Waals surface area (Å²) in [6.45, 7) is 6.68. The molecule has 2 heterocycles. The normalized spacial score (nSPS) is 14.4. The Hall–Kier alpha value is -4.94. The van der Waals surface area contributed by atoms with Gasteiger partial charge in [0, 0.05) is 67.2 Å². The van der Waals surface area contributed by atoms with E-state index in [0.29, 0.717) is 75.0 Å². The molecule has 0 aromatic heterocycles. The van der Waals surface area contributed by atoms with Crippen LogP contribution in [-0.4, -0.2) is 68.3 Å². The third kappa shape index (κ3) is 8.61. The summed E-state index contributed by atoms with van der Waals surface area (Å²) in [6.07, 6.45) is 0.721. The molecule has 0 amide bonds. The lowest BCUT2D eigenvalue weighted by atomic mass is 10.1. The molecular formula is C36H36Cl2FN5O6. The number of ether oxygens (including phenoxy) is 4. The molecule has 4 aromatic carbocycles. The van der Waals surface area contributed by atoms with E-state index < -0.39 is 10.7 Å². The van der Waals surface area contributed by atoms with Gasteiger partial charge in [0.2, 0.25) is 0 Å². The molecule has 1 saturated heterocycles. The quantitative estimate of drug-likeness (QED) is 0.0727. The summed E-state index contributed by atoms with van der Waals surface area (Å²) in [6, 6.07) is 20.4. The largest absolute Gasteiger partial charge is 0.487 e. The second-order valence-electron chi connectivity index (χ2n) is 11.5. The number of fused-ring (bicyclic) bond motifs is 1. The first-order chi connectivity index (χ1) is 24.3. The van der Waals surface area contributed by atoms with Gasteiger partial charge in [0.1, 0.15) is 30.5 Å². The van der Waals surface area contributed by atoms with Crippen LogP contribution in [0.25, 0.3) is 0 Å². The summed E-state index contributed by atoms with van der Waals surface area (Å²) in [7, 11) is 0. The van der Waals surface area contributed by atoms with Crippen molar-refractivity contribution in [1.29, 1.82) is 0 Å². The van der Waals surface area contributed by atoms with Gasteiger partial charge in [0.25, 0.3) is 0 Å². The van der Waals surface area contributed by atoms with Crippen LogP contribution < -0.4 is 29.2 Å². The Kier molecular flexibility index (Phi) is 11.3. The Morgan fingerprint density at radius 3 is 2.52 bits per heavy atom. The van der Waals surface area contributed by atoms with Crippen molar-refractivity contribution in [3.05, 3.63) is 110 Å². The SMILES string of the molecule is CCOc1cc(N2CCN(C(=NCc3ccc(Cl)cc3Oc3ccc(F)c(Cl)c3)NCCc3ccc4c(c3)OCCO4)CC2)ccc1[N+](=O)[O-]. The summed E-state index contributed by atoms with van der Waals surface area (Å²) in [5, 5.41) is 15.5. The zero-order chi connectivity index (χ0) is 35.0. The Labute approximate surface area is 299 Å². The van der Waals surface area contributed by atoms with E-state index in [-0.39, 0.29) is 23.0 Å². The van der Waals surface area contributed by atoms with Crippen molar-refractivity contribution in [3.8, 4) is 28.7 Å². The molecule has 14 heteroatoms. The van der Waals surface area contributed by atoms with Crippen molar-refractivity contribution in [2.24, 2.45) is 4.99 Å². The number of hydrogen-bond acceptors (Lipinski definition) is 8.